The minimum absolute atomic E-state index is 0.386. The lowest BCUT2D eigenvalue weighted by Crippen LogP contribution is -2.64. The first kappa shape index (κ1) is 13.8. The van der Waals surface area contributed by atoms with Gasteiger partial charge in [-0.15, -0.1) is 0 Å². The van der Waals surface area contributed by atoms with Crippen LogP contribution in [0.3, 0.4) is 0 Å². The largest absolute Gasteiger partial charge is 0.381 e. The molecule has 1 saturated carbocycles. The highest BCUT2D eigenvalue weighted by molar-refractivity contribution is 5.04. The van der Waals surface area contributed by atoms with Gasteiger partial charge in [0.2, 0.25) is 0 Å². The number of nitrogens with zero attached hydrogens (tertiary/aromatic N) is 1. The summed E-state index contributed by atoms with van der Waals surface area (Å²) in [6.45, 7) is 10.5. The predicted octanol–water partition coefficient (Wildman–Crippen LogP) is 2.27. The zero-order valence-electron chi connectivity index (χ0n) is 12.7. The molecule has 110 valence electrons. The lowest BCUT2D eigenvalue weighted by atomic mass is 9.89. The monoisotopic (exact) mass is 266 g/mol. The van der Waals surface area contributed by atoms with Gasteiger partial charge >= 0.3 is 0 Å². The maximum absolute atomic E-state index is 5.50. The van der Waals surface area contributed by atoms with Gasteiger partial charge < -0.3 is 10.1 Å². The fourth-order valence-electron chi connectivity index (χ4n) is 3.96. The van der Waals surface area contributed by atoms with Crippen LogP contribution in [-0.2, 0) is 4.74 Å². The van der Waals surface area contributed by atoms with Crippen LogP contribution in [-0.4, -0.2) is 49.3 Å². The van der Waals surface area contributed by atoms with Gasteiger partial charge in [-0.2, -0.15) is 0 Å². The quantitative estimate of drug-likeness (QED) is 0.845. The van der Waals surface area contributed by atoms with Gasteiger partial charge in [-0.3, -0.25) is 4.90 Å². The van der Waals surface area contributed by atoms with Crippen LogP contribution in [0.4, 0.5) is 0 Å². The number of hydrogen-bond acceptors (Lipinski definition) is 3. The van der Waals surface area contributed by atoms with Crippen molar-refractivity contribution in [2.75, 3.05) is 32.8 Å². The molecule has 2 saturated heterocycles. The Morgan fingerprint density at radius 1 is 1.21 bits per heavy atom. The van der Waals surface area contributed by atoms with Gasteiger partial charge in [-0.05, 0) is 50.9 Å². The number of ether oxygens (including phenoxy) is 1. The summed E-state index contributed by atoms with van der Waals surface area (Å²) >= 11 is 0. The summed E-state index contributed by atoms with van der Waals surface area (Å²) in [5.74, 6) is 1.80. The van der Waals surface area contributed by atoms with Crippen LogP contribution in [0.2, 0.25) is 0 Å². The number of nitrogens with one attached hydrogen (secondary N) is 1. The summed E-state index contributed by atoms with van der Waals surface area (Å²) in [6.07, 6.45) is 6.68. The van der Waals surface area contributed by atoms with E-state index in [2.05, 4.69) is 24.1 Å². The molecule has 0 aromatic rings. The van der Waals surface area contributed by atoms with E-state index in [1.165, 1.54) is 51.7 Å². The third kappa shape index (κ3) is 3.14. The number of piperazine rings is 1. The van der Waals surface area contributed by atoms with Crippen LogP contribution in [0, 0.1) is 11.8 Å². The summed E-state index contributed by atoms with van der Waals surface area (Å²) < 4.78 is 5.50. The van der Waals surface area contributed by atoms with Gasteiger partial charge in [0.1, 0.15) is 0 Å². The molecule has 3 rings (SSSR count). The smallest absolute Gasteiger partial charge is 0.0469 e. The van der Waals surface area contributed by atoms with Crippen molar-refractivity contribution in [3.63, 3.8) is 0 Å². The van der Waals surface area contributed by atoms with Crippen LogP contribution >= 0.6 is 0 Å². The van der Waals surface area contributed by atoms with E-state index in [-0.39, 0.29) is 0 Å². The summed E-state index contributed by atoms with van der Waals surface area (Å²) in [5.41, 5.74) is 0.386. The Balaban J connectivity index is 1.61. The molecule has 2 atom stereocenters. The van der Waals surface area contributed by atoms with E-state index >= 15 is 0 Å². The molecule has 0 radical (unpaired) electrons. The van der Waals surface area contributed by atoms with E-state index in [4.69, 9.17) is 4.74 Å². The third-order valence-electron chi connectivity index (χ3n) is 5.57. The molecule has 3 aliphatic rings. The van der Waals surface area contributed by atoms with Crippen molar-refractivity contribution in [1.29, 1.82) is 0 Å². The maximum atomic E-state index is 5.50. The van der Waals surface area contributed by atoms with Crippen molar-refractivity contribution in [3.05, 3.63) is 0 Å². The van der Waals surface area contributed by atoms with E-state index < -0.39 is 0 Å². The fraction of sp³-hybridized carbons (Fsp3) is 1.00. The molecular formula is C16H30N2O. The summed E-state index contributed by atoms with van der Waals surface area (Å²) in [5, 5.41) is 3.86. The van der Waals surface area contributed by atoms with E-state index in [0.29, 0.717) is 5.54 Å². The molecule has 2 aliphatic heterocycles. The van der Waals surface area contributed by atoms with E-state index in [0.717, 1.165) is 31.1 Å². The highest BCUT2D eigenvalue weighted by Gasteiger charge is 2.45. The Labute approximate surface area is 118 Å². The molecule has 2 heterocycles. The molecule has 0 bridgehead atoms. The zero-order valence-corrected chi connectivity index (χ0v) is 12.7. The second-order valence-corrected chi connectivity index (χ2v) is 7.12. The third-order valence-corrected chi connectivity index (χ3v) is 5.57. The van der Waals surface area contributed by atoms with E-state index in [1.807, 2.05) is 0 Å². The zero-order chi connectivity index (χ0) is 13.3. The van der Waals surface area contributed by atoms with Crippen LogP contribution in [0.5, 0.6) is 0 Å². The summed E-state index contributed by atoms with van der Waals surface area (Å²) in [7, 11) is 0. The van der Waals surface area contributed by atoms with Gasteiger partial charge in [0, 0.05) is 44.4 Å². The predicted molar refractivity (Wildman–Crippen MR) is 78.3 cm³/mol. The van der Waals surface area contributed by atoms with Crippen LogP contribution < -0.4 is 5.32 Å². The Morgan fingerprint density at radius 2 is 1.95 bits per heavy atom. The second-order valence-electron chi connectivity index (χ2n) is 7.12. The normalized spacial score (nSPS) is 38.5. The van der Waals surface area contributed by atoms with Gasteiger partial charge in [-0.1, -0.05) is 6.92 Å². The Morgan fingerprint density at radius 3 is 2.58 bits per heavy atom. The number of hydrogen-bond donors (Lipinski definition) is 1. The second kappa shape index (κ2) is 5.71. The van der Waals surface area contributed by atoms with Crippen molar-refractivity contribution < 1.29 is 4.74 Å². The van der Waals surface area contributed by atoms with Crippen LogP contribution in [0.25, 0.3) is 0 Å². The van der Waals surface area contributed by atoms with Crippen LogP contribution in [0.1, 0.15) is 46.0 Å². The molecule has 3 nitrogen and oxygen atoms in total. The Hall–Kier alpha value is -0.120. The Kier molecular flexibility index (Phi) is 4.16. The average molecular weight is 266 g/mol. The molecule has 3 fully saturated rings. The molecule has 1 aliphatic carbocycles. The maximum Gasteiger partial charge on any atom is 0.0469 e. The topological polar surface area (TPSA) is 24.5 Å². The number of rotatable bonds is 4. The lowest BCUT2D eigenvalue weighted by Gasteiger charge is -2.48. The molecule has 1 N–H and O–H groups in total. The molecule has 0 aromatic carbocycles. The fourth-order valence-corrected chi connectivity index (χ4v) is 3.96. The van der Waals surface area contributed by atoms with Crippen molar-refractivity contribution in [1.82, 2.24) is 10.2 Å². The first-order valence-electron chi connectivity index (χ1n) is 8.28. The first-order chi connectivity index (χ1) is 9.21. The SMILES string of the molecule is CCC1CNC(C)(C2CC2)CN1CC1CCOCC1. The average Bonchev–Trinajstić information content (AvgIpc) is 3.25. The standard InChI is InChI=1S/C16H30N2O/c1-3-15-10-17-16(2,14-4-5-14)12-18(15)11-13-6-8-19-9-7-13/h13-15,17H,3-12H2,1-2H3. The summed E-state index contributed by atoms with van der Waals surface area (Å²) in [6, 6.07) is 0.745. The van der Waals surface area contributed by atoms with Crippen molar-refractivity contribution >= 4 is 0 Å². The minimum atomic E-state index is 0.386. The summed E-state index contributed by atoms with van der Waals surface area (Å²) in [4.78, 5) is 2.80. The molecule has 19 heavy (non-hydrogen) atoms. The van der Waals surface area contributed by atoms with Crippen molar-refractivity contribution in [2.45, 2.75) is 57.5 Å². The molecule has 0 aromatic heterocycles. The van der Waals surface area contributed by atoms with Gasteiger partial charge in [0.05, 0.1) is 0 Å². The Bertz CT molecular complexity index is 299. The highest BCUT2D eigenvalue weighted by Crippen LogP contribution is 2.41. The van der Waals surface area contributed by atoms with Gasteiger partial charge in [0.15, 0.2) is 0 Å². The van der Waals surface area contributed by atoms with E-state index in [9.17, 15) is 0 Å². The molecule has 0 spiro atoms. The van der Waals surface area contributed by atoms with E-state index in [1.54, 1.807) is 0 Å². The van der Waals surface area contributed by atoms with Crippen LogP contribution in [0.15, 0.2) is 0 Å². The minimum Gasteiger partial charge on any atom is -0.381 e. The van der Waals surface area contributed by atoms with Gasteiger partial charge in [-0.25, -0.2) is 0 Å². The molecule has 0 amide bonds. The lowest BCUT2D eigenvalue weighted by molar-refractivity contribution is 0.0197. The van der Waals surface area contributed by atoms with Gasteiger partial charge in [0.25, 0.3) is 0 Å². The van der Waals surface area contributed by atoms with Crippen molar-refractivity contribution in [3.8, 4) is 0 Å². The first-order valence-corrected chi connectivity index (χ1v) is 8.28. The highest BCUT2D eigenvalue weighted by atomic mass is 16.5. The molecule has 3 heteroatoms. The van der Waals surface area contributed by atoms with Crippen molar-refractivity contribution in [2.24, 2.45) is 11.8 Å². The molecule has 2 unspecified atom stereocenters. The molecular weight excluding hydrogens is 236 g/mol.